The highest BCUT2D eigenvalue weighted by Gasteiger charge is 2.42. The van der Waals surface area contributed by atoms with Gasteiger partial charge in [-0.3, -0.25) is 14.3 Å². The third-order valence-corrected chi connectivity index (χ3v) is 6.25. The van der Waals surface area contributed by atoms with Crippen LogP contribution in [0.3, 0.4) is 0 Å². The van der Waals surface area contributed by atoms with Gasteiger partial charge >= 0.3 is 17.8 Å². The summed E-state index contributed by atoms with van der Waals surface area (Å²) in [6.07, 6.45) is -5.73. The Bertz CT molecular complexity index is 1410. The summed E-state index contributed by atoms with van der Waals surface area (Å²) in [4.78, 5) is 39.9. The lowest BCUT2D eigenvalue weighted by Crippen LogP contribution is -2.44. The van der Waals surface area contributed by atoms with Gasteiger partial charge in [-0.1, -0.05) is 0 Å². The average Bonchev–Trinajstić information content (AvgIpc) is 3.18. The Morgan fingerprint density at radius 3 is 2.44 bits per heavy atom. The minimum Gasteiger partial charge on any atom is -0.487 e. The molecular formula is C25H25F5N4O5. The number of carbonyl (C=O) groups is 2. The number of rotatable bonds is 8. The van der Waals surface area contributed by atoms with Crippen LogP contribution in [0.15, 0.2) is 41.2 Å². The van der Waals surface area contributed by atoms with Crippen LogP contribution in [0.25, 0.3) is 11.0 Å². The van der Waals surface area contributed by atoms with Gasteiger partial charge in [-0.05, 0) is 43.2 Å². The molecular weight excluding hydrogens is 531 g/mol. The quantitative estimate of drug-likeness (QED) is 0.324. The van der Waals surface area contributed by atoms with Crippen molar-refractivity contribution < 1.29 is 41.0 Å². The molecule has 2 heterocycles. The van der Waals surface area contributed by atoms with Crippen molar-refractivity contribution >= 4 is 28.6 Å². The summed E-state index contributed by atoms with van der Waals surface area (Å²) in [5.41, 5.74) is 0.587. The number of carbonyl (C=O) groups excluding carboxylic acids is 2. The van der Waals surface area contributed by atoms with Crippen molar-refractivity contribution in [2.75, 3.05) is 31.6 Å². The molecule has 1 atom stereocenters. The van der Waals surface area contributed by atoms with Gasteiger partial charge in [0.15, 0.2) is 0 Å². The first-order valence-corrected chi connectivity index (χ1v) is 12.0. The maximum Gasteiger partial charge on any atom is 0.490 e. The molecule has 0 unspecified atom stereocenters. The number of fused-ring (bicyclic) bond motifs is 1. The summed E-state index contributed by atoms with van der Waals surface area (Å²) in [5.74, 6) is -4.22. The number of anilines is 1. The highest BCUT2D eigenvalue weighted by atomic mass is 19.4. The Balaban J connectivity index is 1.45. The average molecular weight is 556 g/mol. The summed E-state index contributed by atoms with van der Waals surface area (Å²) in [6.45, 7) is 1.23. The van der Waals surface area contributed by atoms with E-state index in [0.29, 0.717) is 37.0 Å². The van der Waals surface area contributed by atoms with Crippen molar-refractivity contribution in [2.45, 2.75) is 38.1 Å². The van der Waals surface area contributed by atoms with Crippen LogP contribution in [0, 0.1) is 11.6 Å². The van der Waals surface area contributed by atoms with E-state index in [9.17, 15) is 36.3 Å². The minimum atomic E-state index is -5.23. The van der Waals surface area contributed by atoms with E-state index in [1.807, 2.05) is 0 Å². The number of alkyl halides is 3. The first-order chi connectivity index (χ1) is 18.4. The van der Waals surface area contributed by atoms with Gasteiger partial charge in [-0.2, -0.15) is 13.2 Å². The van der Waals surface area contributed by atoms with Crippen LogP contribution in [0.4, 0.5) is 27.6 Å². The smallest absolute Gasteiger partial charge is 0.487 e. The topological polar surface area (TPSA) is 106 Å². The van der Waals surface area contributed by atoms with Crippen LogP contribution < -0.4 is 15.7 Å². The lowest BCUT2D eigenvalue weighted by Gasteiger charge is -2.34. The summed E-state index contributed by atoms with van der Waals surface area (Å²) in [5, 5.41) is 2.43. The zero-order valence-corrected chi connectivity index (χ0v) is 20.7. The predicted molar refractivity (Wildman–Crippen MR) is 129 cm³/mol. The van der Waals surface area contributed by atoms with Gasteiger partial charge in [0.2, 0.25) is 5.91 Å². The molecule has 2 N–H and O–H groups in total. The van der Waals surface area contributed by atoms with Crippen molar-refractivity contribution in [3.05, 3.63) is 58.5 Å². The number of hydrogen-bond donors (Lipinski definition) is 2. The number of nitrogens with one attached hydrogen (secondary N) is 2. The molecule has 210 valence electrons. The Kier molecular flexibility index (Phi) is 8.23. The number of hydrogen-bond acceptors (Lipinski definition) is 6. The Morgan fingerprint density at radius 2 is 1.77 bits per heavy atom. The molecule has 2 aromatic carbocycles. The Hall–Kier alpha value is -3.94. The fourth-order valence-electron chi connectivity index (χ4n) is 4.55. The number of halogens is 5. The maximum absolute atomic E-state index is 13.8. The highest BCUT2D eigenvalue weighted by Crippen LogP contribution is 2.28. The van der Waals surface area contributed by atoms with E-state index in [-0.39, 0.29) is 24.0 Å². The monoisotopic (exact) mass is 556 g/mol. The molecule has 4 rings (SSSR count). The Morgan fingerprint density at radius 1 is 1.10 bits per heavy atom. The van der Waals surface area contributed by atoms with Crippen LogP contribution in [-0.2, 0) is 14.3 Å². The number of aromatic nitrogens is 2. The minimum absolute atomic E-state index is 0.0923. The number of aromatic amines is 1. The number of imidazole rings is 1. The molecule has 1 aromatic heterocycles. The molecule has 1 saturated heterocycles. The molecule has 1 aliphatic heterocycles. The highest BCUT2D eigenvalue weighted by molar-refractivity contribution is 5.90. The van der Waals surface area contributed by atoms with Gasteiger partial charge in [0.1, 0.15) is 30.1 Å². The summed E-state index contributed by atoms with van der Waals surface area (Å²) in [7, 11) is 0. The largest absolute Gasteiger partial charge is 0.490 e. The number of nitrogens with zero attached hydrogens (tertiary/aromatic N) is 2. The molecule has 1 amide bonds. The van der Waals surface area contributed by atoms with E-state index < -0.39 is 48.1 Å². The van der Waals surface area contributed by atoms with Gasteiger partial charge in [0, 0.05) is 38.7 Å². The maximum atomic E-state index is 13.8. The standard InChI is InChI=1S/C25H25F5N4O5/c1-14(35)31-19-4-2-16(27)11-22(19)38-13-18(39-23(36)25(28,29)30)12-33-8-6-17(7-9-33)34-21-5-3-15(26)10-20(21)32-24(34)37/h2-5,10-11,17-18H,6-9,12-13H2,1H3,(H,31,35)(H,32,37)/t18-/m1/s1. The lowest BCUT2D eigenvalue weighted by atomic mass is 10.0. The Labute approximate surface area is 218 Å². The zero-order chi connectivity index (χ0) is 28.3. The first kappa shape index (κ1) is 28.1. The van der Waals surface area contributed by atoms with E-state index in [1.54, 1.807) is 4.90 Å². The van der Waals surface area contributed by atoms with Gasteiger partial charge < -0.3 is 19.8 Å². The van der Waals surface area contributed by atoms with Crippen molar-refractivity contribution in [1.29, 1.82) is 0 Å². The molecule has 0 radical (unpaired) electrons. The second-order valence-corrected chi connectivity index (χ2v) is 9.15. The molecule has 1 aliphatic rings. The number of likely N-dealkylation sites (tertiary alicyclic amines) is 1. The van der Waals surface area contributed by atoms with E-state index in [4.69, 9.17) is 4.74 Å². The molecule has 9 nitrogen and oxygen atoms in total. The van der Waals surface area contributed by atoms with Gasteiger partial charge in [-0.15, -0.1) is 0 Å². The van der Waals surface area contributed by atoms with Gasteiger partial charge in [-0.25, -0.2) is 18.4 Å². The van der Waals surface area contributed by atoms with Crippen LogP contribution in [0.1, 0.15) is 25.8 Å². The van der Waals surface area contributed by atoms with Crippen LogP contribution in [-0.4, -0.2) is 64.8 Å². The molecule has 1 fully saturated rings. The molecule has 0 spiro atoms. The van der Waals surface area contributed by atoms with Crippen LogP contribution in [0.2, 0.25) is 0 Å². The number of ether oxygens (including phenoxy) is 2. The van der Waals surface area contributed by atoms with E-state index in [0.717, 1.165) is 12.1 Å². The lowest BCUT2D eigenvalue weighted by molar-refractivity contribution is -0.206. The zero-order valence-electron chi connectivity index (χ0n) is 20.7. The normalized spacial score (nSPS) is 15.7. The van der Waals surface area contributed by atoms with E-state index in [1.165, 1.54) is 35.8 Å². The van der Waals surface area contributed by atoms with Crippen molar-refractivity contribution in [3.63, 3.8) is 0 Å². The van der Waals surface area contributed by atoms with E-state index in [2.05, 4.69) is 15.0 Å². The van der Waals surface area contributed by atoms with Gasteiger partial charge in [0.05, 0.1) is 16.7 Å². The molecule has 0 aliphatic carbocycles. The second kappa shape index (κ2) is 11.4. The number of H-pyrrole nitrogens is 1. The van der Waals surface area contributed by atoms with Crippen LogP contribution >= 0.6 is 0 Å². The molecule has 0 bridgehead atoms. The summed E-state index contributed by atoms with van der Waals surface area (Å²) in [6, 6.07) is 6.97. The first-order valence-electron chi connectivity index (χ1n) is 12.0. The van der Waals surface area contributed by atoms with Crippen molar-refractivity contribution in [2.24, 2.45) is 0 Å². The molecule has 39 heavy (non-hydrogen) atoms. The summed E-state index contributed by atoms with van der Waals surface area (Å²) >= 11 is 0. The van der Waals surface area contributed by atoms with E-state index >= 15 is 0 Å². The number of esters is 1. The fourth-order valence-corrected chi connectivity index (χ4v) is 4.55. The molecule has 14 heteroatoms. The number of piperidine rings is 1. The second-order valence-electron chi connectivity index (χ2n) is 9.15. The third-order valence-electron chi connectivity index (χ3n) is 6.25. The van der Waals surface area contributed by atoms with Crippen molar-refractivity contribution in [1.82, 2.24) is 14.5 Å². The van der Waals surface area contributed by atoms with Gasteiger partial charge in [0.25, 0.3) is 0 Å². The molecule has 0 saturated carbocycles. The number of benzene rings is 2. The SMILES string of the molecule is CC(=O)Nc1ccc(F)cc1OC[C@@H](CN1CCC(n2c(=O)[nH]c3cc(F)ccc32)CC1)OC(=O)C(F)(F)F. The third kappa shape index (κ3) is 6.93. The fraction of sp³-hybridized carbons (Fsp3) is 0.400. The molecule has 3 aromatic rings. The predicted octanol–water partition coefficient (Wildman–Crippen LogP) is 3.76. The van der Waals surface area contributed by atoms with Crippen molar-refractivity contribution in [3.8, 4) is 5.75 Å². The summed E-state index contributed by atoms with van der Waals surface area (Å²) < 4.78 is 77.8. The van der Waals surface area contributed by atoms with Crippen LogP contribution in [0.5, 0.6) is 5.75 Å². The number of amides is 1.